The van der Waals surface area contributed by atoms with Crippen LogP contribution in [0.5, 0.6) is 0 Å². The van der Waals surface area contributed by atoms with E-state index in [1.54, 1.807) is 0 Å². The van der Waals surface area contributed by atoms with E-state index in [9.17, 15) is 0 Å². The number of aromatic nitrogens is 1. The van der Waals surface area contributed by atoms with Crippen molar-refractivity contribution in [1.82, 2.24) is 4.98 Å². The van der Waals surface area contributed by atoms with E-state index in [0.29, 0.717) is 0 Å². The lowest BCUT2D eigenvalue weighted by Crippen LogP contribution is -2.00. The molecule has 0 bridgehead atoms. The summed E-state index contributed by atoms with van der Waals surface area (Å²) >= 11 is 0. The summed E-state index contributed by atoms with van der Waals surface area (Å²) in [5.74, 6) is 0. The zero-order chi connectivity index (χ0) is 11.2. The molecule has 1 heterocycles. The normalized spacial score (nSPS) is 15.5. The molecule has 4 rings (SSSR count). The van der Waals surface area contributed by atoms with Gasteiger partial charge in [-0.1, -0.05) is 30.3 Å². The largest absolute Gasteiger partial charge is 0.264 e. The molecule has 2 aliphatic rings. The topological polar surface area (TPSA) is 12.9 Å². The Hall–Kier alpha value is -2.15. The molecule has 0 N–H and O–H groups in total. The number of allylic oxidation sites excluding steroid dienone is 2. The molecule has 0 saturated heterocycles. The highest BCUT2D eigenvalue weighted by Crippen LogP contribution is 2.41. The molecular formula is C16H11N. The Labute approximate surface area is 100 Å². The molecule has 2 aromatic rings. The van der Waals surface area contributed by atoms with Crippen LogP contribution in [0.3, 0.4) is 0 Å². The average molecular weight is 217 g/mol. The third-order valence-electron chi connectivity index (χ3n) is 3.55. The van der Waals surface area contributed by atoms with Crippen LogP contribution in [0.25, 0.3) is 17.7 Å². The van der Waals surface area contributed by atoms with Crippen molar-refractivity contribution in [3.63, 3.8) is 0 Å². The highest BCUT2D eigenvalue weighted by Gasteiger charge is 2.22. The first-order valence-corrected chi connectivity index (χ1v) is 5.87. The highest BCUT2D eigenvalue weighted by atomic mass is 14.6. The Morgan fingerprint density at radius 2 is 1.88 bits per heavy atom. The van der Waals surface area contributed by atoms with Crippen LogP contribution in [0.1, 0.15) is 22.3 Å². The number of benzene rings is 1. The Bertz CT molecular complexity index is 677. The van der Waals surface area contributed by atoms with E-state index in [2.05, 4.69) is 47.5 Å². The van der Waals surface area contributed by atoms with Crippen LogP contribution in [0.15, 0.2) is 48.3 Å². The predicted molar refractivity (Wildman–Crippen MR) is 70.2 cm³/mol. The average Bonchev–Trinajstić information content (AvgIpc) is 2.73. The summed E-state index contributed by atoms with van der Waals surface area (Å²) in [6, 6.07) is 10.7. The number of hydrogen-bond donors (Lipinski definition) is 0. The van der Waals surface area contributed by atoms with Crippen LogP contribution in [-0.2, 0) is 6.42 Å². The van der Waals surface area contributed by atoms with Gasteiger partial charge < -0.3 is 0 Å². The molecule has 80 valence electrons. The van der Waals surface area contributed by atoms with E-state index in [1.807, 2.05) is 12.4 Å². The number of hydrogen-bond acceptors (Lipinski definition) is 1. The molecule has 1 aromatic heterocycles. The molecule has 0 radical (unpaired) electrons. The van der Waals surface area contributed by atoms with Crippen LogP contribution in [0, 0.1) is 0 Å². The lowest BCUT2D eigenvalue weighted by Gasteiger charge is -2.16. The van der Waals surface area contributed by atoms with E-state index in [1.165, 1.54) is 33.4 Å². The second-order valence-electron chi connectivity index (χ2n) is 4.57. The Kier molecular flexibility index (Phi) is 1.67. The third-order valence-corrected chi connectivity index (χ3v) is 3.55. The predicted octanol–water partition coefficient (Wildman–Crippen LogP) is 3.58. The van der Waals surface area contributed by atoms with Gasteiger partial charge >= 0.3 is 0 Å². The van der Waals surface area contributed by atoms with E-state index >= 15 is 0 Å². The van der Waals surface area contributed by atoms with Crippen molar-refractivity contribution in [1.29, 1.82) is 0 Å². The van der Waals surface area contributed by atoms with Gasteiger partial charge in [-0.25, -0.2) is 0 Å². The molecule has 0 unspecified atom stereocenters. The monoisotopic (exact) mass is 217 g/mol. The maximum absolute atomic E-state index is 4.20. The number of fused-ring (bicyclic) bond motifs is 4. The van der Waals surface area contributed by atoms with E-state index in [4.69, 9.17) is 0 Å². The first-order chi connectivity index (χ1) is 8.42. The Balaban J connectivity index is 1.97. The standard InChI is InChI=1S/C16H11N/c1-2-4-15-12(3-1)8-13-7-11-5-6-17-10-14(11)9-16(13)15/h1-6,8-10H,7H2. The molecule has 17 heavy (non-hydrogen) atoms. The molecule has 0 saturated carbocycles. The Morgan fingerprint density at radius 3 is 2.88 bits per heavy atom. The summed E-state index contributed by atoms with van der Waals surface area (Å²) in [7, 11) is 0. The molecule has 0 atom stereocenters. The summed E-state index contributed by atoms with van der Waals surface area (Å²) < 4.78 is 0. The van der Waals surface area contributed by atoms with Crippen LogP contribution in [-0.4, -0.2) is 4.98 Å². The van der Waals surface area contributed by atoms with Gasteiger partial charge in [0.05, 0.1) is 0 Å². The van der Waals surface area contributed by atoms with Gasteiger partial charge in [-0.05, 0) is 52.0 Å². The number of rotatable bonds is 0. The quantitative estimate of drug-likeness (QED) is 0.657. The molecule has 0 amide bonds. The second-order valence-corrected chi connectivity index (χ2v) is 4.57. The van der Waals surface area contributed by atoms with E-state index in [0.717, 1.165) is 6.42 Å². The SMILES string of the molecule is C1=C2Cc3ccncc3C=C2c2ccccc21. The van der Waals surface area contributed by atoms with Crippen LogP contribution in [0.4, 0.5) is 0 Å². The maximum Gasteiger partial charge on any atom is 0.0343 e. The second kappa shape index (κ2) is 3.17. The molecule has 0 fully saturated rings. The van der Waals surface area contributed by atoms with Crippen LogP contribution >= 0.6 is 0 Å². The van der Waals surface area contributed by atoms with Gasteiger partial charge in [-0.2, -0.15) is 0 Å². The minimum absolute atomic E-state index is 1.03. The summed E-state index contributed by atoms with van der Waals surface area (Å²) in [5, 5.41) is 0. The van der Waals surface area contributed by atoms with E-state index in [-0.39, 0.29) is 0 Å². The molecule has 1 nitrogen and oxygen atoms in total. The van der Waals surface area contributed by atoms with Crippen molar-refractivity contribution < 1.29 is 0 Å². The van der Waals surface area contributed by atoms with Gasteiger partial charge in [0.15, 0.2) is 0 Å². The van der Waals surface area contributed by atoms with Gasteiger partial charge in [-0.3, -0.25) is 4.98 Å². The van der Waals surface area contributed by atoms with Gasteiger partial charge in [0.1, 0.15) is 0 Å². The fraction of sp³-hybridized carbons (Fsp3) is 0.0625. The first-order valence-electron chi connectivity index (χ1n) is 5.87. The lowest BCUT2D eigenvalue weighted by molar-refractivity contribution is 1.16. The van der Waals surface area contributed by atoms with Crippen molar-refractivity contribution in [2.45, 2.75) is 6.42 Å². The van der Waals surface area contributed by atoms with Crippen molar-refractivity contribution in [3.8, 4) is 0 Å². The van der Waals surface area contributed by atoms with E-state index < -0.39 is 0 Å². The van der Waals surface area contributed by atoms with Crippen LogP contribution in [0.2, 0.25) is 0 Å². The molecule has 1 heteroatoms. The summed E-state index contributed by atoms with van der Waals surface area (Å²) in [6.45, 7) is 0. The van der Waals surface area contributed by atoms with Crippen molar-refractivity contribution in [2.75, 3.05) is 0 Å². The minimum atomic E-state index is 1.03. The van der Waals surface area contributed by atoms with Crippen molar-refractivity contribution in [2.24, 2.45) is 0 Å². The van der Waals surface area contributed by atoms with Crippen molar-refractivity contribution in [3.05, 3.63) is 70.6 Å². The van der Waals surface area contributed by atoms with Crippen LogP contribution < -0.4 is 0 Å². The maximum atomic E-state index is 4.20. The molecule has 0 spiro atoms. The smallest absolute Gasteiger partial charge is 0.0343 e. The zero-order valence-electron chi connectivity index (χ0n) is 9.35. The zero-order valence-corrected chi connectivity index (χ0v) is 9.35. The molecule has 1 aromatic carbocycles. The fourth-order valence-electron chi connectivity index (χ4n) is 2.71. The van der Waals surface area contributed by atoms with Gasteiger partial charge in [0.2, 0.25) is 0 Å². The molecular weight excluding hydrogens is 206 g/mol. The third kappa shape index (κ3) is 1.22. The Morgan fingerprint density at radius 1 is 0.941 bits per heavy atom. The number of pyridine rings is 1. The number of nitrogens with zero attached hydrogens (tertiary/aromatic N) is 1. The minimum Gasteiger partial charge on any atom is -0.264 e. The lowest BCUT2D eigenvalue weighted by atomic mass is 9.89. The van der Waals surface area contributed by atoms with Gasteiger partial charge in [0.25, 0.3) is 0 Å². The summed E-state index contributed by atoms with van der Waals surface area (Å²) in [4.78, 5) is 4.20. The fourth-order valence-corrected chi connectivity index (χ4v) is 2.71. The van der Waals surface area contributed by atoms with Gasteiger partial charge in [0, 0.05) is 12.4 Å². The highest BCUT2D eigenvalue weighted by molar-refractivity contribution is 6.03. The first kappa shape index (κ1) is 8.94. The molecule has 0 aliphatic heterocycles. The van der Waals surface area contributed by atoms with Crippen molar-refractivity contribution >= 4 is 17.7 Å². The summed E-state index contributed by atoms with van der Waals surface area (Å²) in [5.41, 5.74) is 8.15. The van der Waals surface area contributed by atoms with Gasteiger partial charge in [-0.15, -0.1) is 0 Å². The summed E-state index contributed by atoms with van der Waals surface area (Å²) in [6.07, 6.45) is 9.44. The molecule has 2 aliphatic carbocycles.